The second-order valence-corrected chi connectivity index (χ2v) is 7.68. The maximum Gasteiger partial charge on any atom is 0.226 e. The monoisotopic (exact) mass is 349 g/mol. The molecule has 2 aromatic rings. The molecule has 6 nitrogen and oxygen atoms in total. The summed E-state index contributed by atoms with van der Waals surface area (Å²) in [5.74, 6) is -0.822. The molecule has 8 heteroatoms. The highest BCUT2D eigenvalue weighted by Crippen LogP contribution is 2.25. The second kappa shape index (κ2) is 6.64. The van der Waals surface area contributed by atoms with Gasteiger partial charge in [-0.05, 0) is 43.5 Å². The van der Waals surface area contributed by atoms with E-state index in [2.05, 4.69) is 15.3 Å². The molecule has 1 aliphatic carbocycles. The van der Waals surface area contributed by atoms with E-state index in [0.717, 1.165) is 42.7 Å². The molecule has 0 radical (unpaired) electrons. The largest absolute Gasteiger partial charge is 0.310 e. The van der Waals surface area contributed by atoms with Crippen LogP contribution in [0.3, 0.4) is 0 Å². The van der Waals surface area contributed by atoms with Crippen LogP contribution in [-0.4, -0.2) is 30.0 Å². The maximum atomic E-state index is 12.9. The molecule has 1 amide bonds. The lowest BCUT2D eigenvalue weighted by Crippen LogP contribution is -2.19. The quantitative estimate of drug-likeness (QED) is 0.833. The van der Waals surface area contributed by atoms with Crippen LogP contribution in [0.5, 0.6) is 0 Å². The van der Waals surface area contributed by atoms with Gasteiger partial charge in [0.25, 0.3) is 0 Å². The Balaban J connectivity index is 1.64. The predicted molar refractivity (Wildman–Crippen MR) is 85.8 cm³/mol. The van der Waals surface area contributed by atoms with E-state index in [9.17, 15) is 17.6 Å². The van der Waals surface area contributed by atoms with Gasteiger partial charge in [0.1, 0.15) is 18.0 Å². The number of nitrogens with zero attached hydrogens (tertiary/aromatic N) is 2. The molecule has 1 aromatic heterocycles. The van der Waals surface area contributed by atoms with Crippen LogP contribution in [-0.2, 0) is 27.5 Å². The highest BCUT2D eigenvalue weighted by Gasteiger charge is 2.20. The molecule has 1 aromatic carbocycles. The molecule has 0 bridgehead atoms. The Morgan fingerprint density at radius 2 is 1.92 bits per heavy atom. The van der Waals surface area contributed by atoms with Crippen molar-refractivity contribution in [2.75, 3.05) is 11.1 Å². The van der Waals surface area contributed by atoms with Gasteiger partial charge in [-0.15, -0.1) is 0 Å². The highest BCUT2D eigenvalue weighted by molar-refractivity contribution is 7.91. The molecular formula is C16H16FN3O3S. The van der Waals surface area contributed by atoms with Crippen molar-refractivity contribution < 1.29 is 17.6 Å². The number of hydrogen-bond donors (Lipinski definition) is 1. The summed E-state index contributed by atoms with van der Waals surface area (Å²) < 4.78 is 37.2. The Labute approximate surface area is 139 Å². The summed E-state index contributed by atoms with van der Waals surface area (Å²) in [4.78, 5) is 20.3. The fraction of sp³-hybridized carbons (Fsp3) is 0.312. The maximum absolute atomic E-state index is 12.9. The van der Waals surface area contributed by atoms with Crippen LogP contribution in [0.25, 0.3) is 0 Å². The van der Waals surface area contributed by atoms with Crippen LogP contribution in [0.1, 0.15) is 24.1 Å². The van der Waals surface area contributed by atoms with Crippen molar-refractivity contribution in [2.45, 2.75) is 30.6 Å². The van der Waals surface area contributed by atoms with E-state index >= 15 is 0 Å². The van der Waals surface area contributed by atoms with E-state index in [1.807, 2.05) is 0 Å². The van der Waals surface area contributed by atoms with E-state index in [0.29, 0.717) is 5.82 Å². The summed E-state index contributed by atoms with van der Waals surface area (Å²) in [7, 11) is -3.64. The standard InChI is InChI=1S/C16H16FN3O3S/c17-11-4-6-12(7-5-11)24(22,23)9-8-15(21)20-16-13-2-1-3-14(13)18-10-19-16/h4-7,10H,1-3,8-9H2,(H,18,19,20,21). The number of aryl methyl sites for hydroxylation is 1. The number of anilines is 1. The summed E-state index contributed by atoms with van der Waals surface area (Å²) in [6.45, 7) is 0. The molecule has 126 valence electrons. The summed E-state index contributed by atoms with van der Waals surface area (Å²) >= 11 is 0. The normalized spacial score (nSPS) is 13.5. The molecule has 0 saturated carbocycles. The Morgan fingerprint density at radius 3 is 2.67 bits per heavy atom. The summed E-state index contributed by atoms with van der Waals surface area (Å²) in [6, 6.07) is 4.55. The first-order chi connectivity index (χ1) is 11.5. The van der Waals surface area contributed by atoms with E-state index in [4.69, 9.17) is 0 Å². The van der Waals surface area contributed by atoms with Crippen molar-refractivity contribution in [2.24, 2.45) is 0 Å². The third-order valence-corrected chi connectivity index (χ3v) is 5.64. The van der Waals surface area contributed by atoms with Crippen LogP contribution in [0.4, 0.5) is 10.2 Å². The smallest absolute Gasteiger partial charge is 0.226 e. The fourth-order valence-electron chi connectivity index (χ4n) is 2.65. The van der Waals surface area contributed by atoms with Crippen LogP contribution in [0.15, 0.2) is 35.5 Å². The lowest BCUT2D eigenvalue weighted by atomic mass is 10.2. The van der Waals surface area contributed by atoms with Crippen molar-refractivity contribution in [3.8, 4) is 0 Å². The first-order valence-electron chi connectivity index (χ1n) is 7.56. The molecule has 0 unspecified atom stereocenters. The molecule has 0 aliphatic heterocycles. The van der Waals surface area contributed by atoms with Crippen molar-refractivity contribution in [3.05, 3.63) is 47.7 Å². The summed E-state index contributed by atoms with van der Waals surface area (Å²) in [5.41, 5.74) is 1.85. The molecule has 0 atom stereocenters. The van der Waals surface area contributed by atoms with Crippen molar-refractivity contribution in [1.82, 2.24) is 9.97 Å². The highest BCUT2D eigenvalue weighted by atomic mass is 32.2. The third kappa shape index (κ3) is 3.59. The van der Waals surface area contributed by atoms with Crippen molar-refractivity contribution in [3.63, 3.8) is 0 Å². The summed E-state index contributed by atoms with van der Waals surface area (Å²) in [6.07, 6.45) is 3.84. The van der Waals surface area contributed by atoms with Crippen LogP contribution < -0.4 is 5.32 Å². The minimum absolute atomic E-state index is 0.000345. The number of aromatic nitrogens is 2. The molecule has 24 heavy (non-hydrogen) atoms. The molecule has 0 fully saturated rings. The average molecular weight is 349 g/mol. The van der Waals surface area contributed by atoms with Crippen LogP contribution >= 0.6 is 0 Å². The van der Waals surface area contributed by atoms with Gasteiger partial charge in [0.05, 0.1) is 10.6 Å². The Bertz CT molecular complexity index is 867. The Hall–Kier alpha value is -2.35. The molecule has 3 rings (SSSR count). The lowest BCUT2D eigenvalue weighted by Gasteiger charge is -2.09. The van der Waals surface area contributed by atoms with Gasteiger partial charge in [0.2, 0.25) is 5.91 Å². The number of carbonyl (C=O) groups is 1. The minimum Gasteiger partial charge on any atom is -0.310 e. The molecular weight excluding hydrogens is 333 g/mol. The fourth-order valence-corrected chi connectivity index (χ4v) is 3.89. The van der Waals surface area contributed by atoms with Crippen molar-refractivity contribution >= 4 is 21.6 Å². The number of sulfone groups is 1. The third-order valence-electron chi connectivity index (χ3n) is 3.90. The van der Waals surface area contributed by atoms with Gasteiger partial charge >= 0.3 is 0 Å². The van der Waals surface area contributed by atoms with E-state index in [-0.39, 0.29) is 17.1 Å². The van der Waals surface area contributed by atoms with Gasteiger partial charge < -0.3 is 5.32 Å². The number of fused-ring (bicyclic) bond motifs is 1. The topological polar surface area (TPSA) is 89.0 Å². The molecule has 1 N–H and O–H groups in total. The van der Waals surface area contributed by atoms with E-state index in [1.54, 1.807) is 0 Å². The number of rotatable bonds is 5. The zero-order chi connectivity index (χ0) is 17.2. The Kier molecular flexibility index (Phi) is 4.57. The predicted octanol–water partition coefficient (Wildman–Crippen LogP) is 1.91. The molecule has 1 heterocycles. The van der Waals surface area contributed by atoms with Gasteiger partial charge in [0, 0.05) is 17.7 Å². The SMILES string of the molecule is O=C(CCS(=O)(=O)c1ccc(F)cc1)Nc1ncnc2c1CCC2. The number of hydrogen-bond acceptors (Lipinski definition) is 5. The van der Waals surface area contributed by atoms with Gasteiger partial charge in [-0.2, -0.15) is 0 Å². The van der Waals surface area contributed by atoms with Crippen molar-refractivity contribution in [1.29, 1.82) is 0 Å². The van der Waals surface area contributed by atoms with E-state index < -0.39 is 21.6 Å². The van der Waals surface area contributed by atoms with Gasteiger partial charge in [-0.1, -0.05) is 0 Å². The summed E-state index contributed by atoms with van der Waals surface area (Å²) in [5, 5.41) is 2.66. The molecule has 0 spiro atoms. The number of amides is 1. The zero-order valence-corrected chi connectivity index (χ0v) is 13.6. The number of nitrogens with one attached hydrogen (secondary N) is 1. The molecule has 1 aliphatic rings. The van der Waals surface area contributed by atoms with Gasteiger partial charge in [-0.3, -0.25) is 4.79 Å². The zero-order valence-electron chi connectivity index (χ0n) is 12.8. The Morgan fingerprint density at radius 1 is 1.17 bits per heavy atom. The minimum atomic E-state index is -3.64. The molecule has 0 saturated heterocycles. The van der Waals surface area contributed by atoms with E-state index in [1.165, 1.54) is 18.5 Å². The van der Waals surface area contributed by atoms with Crippen LogP contribution in [0.2, 0.25) is 0 Å². The van der Waals surface area contributed by atoms with Gasteiger partial charge in [-0.25, -0.2) is 22.8 Å². The van der Waals surface area contributed by atoms with Gasteiger partial charge in [0.15, 0.2) is 9.84 Å². The first kappa shape index (κ1) is 16.5. The number of benzene rings is 1. The number of carbonyl (C=O) groups excluding carboxylic acids is 1. The first-order valence-corrected chi connectivity index (χ1v) is 9.22. The second-order valence-electron chi connectivity index (χ2n) is 5.57. The average Bonchev–Trinajstić information content (AvgIpc) is 3.03. The van der Waals surface area contributed by atoms with Crippen LogP contribution in [0, 0.1) is 5.82 Å². The lowest BCUT2D eigenvalue weighted by molar-refractivity contribution is -0.115. The number of halogens is 1.